The van der Waals surface area contributed by atoms with Gasteiger partial charge in [0.05, 0.1) is 0 Å². The molecule has 1 heterocycles. The van der Waals surface area contributed by atoms with Crippen molar-refractivity contribution in [2.45, 2.75) is 26.7 Å². The van der Waals surface area contributed by atoms with Gasteiger partial charge in [0.2, 0.25) is 0 Å². The normalized spacial score (nSPS) is 9.83. The van der Waals surface area contributed by atoms with Crippen LogP contribution in [0.3, 0.4) is 0 Å². The molecule has 1 aromatic rings. The number of aromatic nitrogens is 1. The molecule has 0 unspecified atom stereocenters. The van der Waals surface area contributed by atoms with Gasteiger partial charge in [0.15, 0.2) is 0 Å². The maximum Gasteiger partial charge on any atom is 0.134 e. The van der Waals surface area contributed by atoms with Crippen LogP contribution in [0, 0.1) is 0 Å². The van der Waals surface area contributed by atoms with Crippen molar-refractivity contribution in [1.29, 1.82) is 0 Å². The summed E-state index contributed by atoms with van der Waals surface area (Å²) in [5, 5.41) is 0. The van der Waals surface area contributed by atoms with Crippen LogP contribution in [0.2, 0.25) is 0 Å². The summed E-state index contributed by atoms with van der Waals surface area (Å²) in [6, 6.07) is 1.92. The fraction of sp³-hybridized carbons (Fsp3) is 0.400. The summed E-state index contributed by atoms with van der Waals surface area (Å²) in [6.45, 7) is 3.68. The molecule has 0 N–H and O–H groups in total. The van der Waals surface area contributed by atoms with E-state index in [0.29, 0.717) is 6.42 Å². The molecule has 0 amide bonds. The van der Waals surface area contributed by atoms with Crippen LogP contribution in [0.15, 0.2) is 18.5 Å². The molecule has 1 aromatic heterocycles. The van der Waals surface area contributed by atoms with E-state index >= 15 is 0 Å². The van der Waals surface area contributed by atoms with Crippen LogP contribution in [0.25, 0.3) is 0 Å². The van der Waals surface area contributed by atoms with Crippen molar-refractivity contribution in [3.63, 3.8) is 0 Å². The Hall–Kier alpha value is -1.18. The molecule has 0 fully saturated rings. The number of ketones is 1. The standard InChI is InChI=1S/C10H13NO/c1-3-9-7-11-5-4-10(9)6-8(2)12/h4-5,7H,3,6H2,1-2H3. The fourth-order valence-electron chi connectivity index (χ4n) is 1.21. The van der Waals surface area contributed by atoms with E-state index < -0.39 is 0 Å². The third kappa shape index (κ3) is 2.16. The van der Waals surface area contributed by atoms with Crippen LogP contribution < -0.4 is 0 Å². The van der Waals surface area contributed by atoms with E-state index in [-0.39, 0.29) is 5.78 Å². The van der Waals surface area contributed by atoms with Gasteiger partial charge in [0.1, 0.15) is 5.78 Å². The molecule has 0 bridgehead atoms. The van der Waals surface area contributed by atoms with E-state index in [1.165, 1.54) is 5.56 Å². The highest BCUT2D eigenvalue weighted by atomic mass is 16.1. The van der Waals surface area contributed by atoms with E-state index in [4.69, 9.17) is 0 Å². The zero-order chi connectivity index (χ0) is 8.97. The third-order valence-electron chi connectivity index (χ3n) is 1.82. The average Bonchev–Trinajstić information content (AvgIpc) is 2.04. The molecule has 0 aromatic carbocycles. The monoisotopic (exact) mass is 163 g/mol. The quantitative estimate of drug-likeness (QED) is 0.679. The number of hydrogen-bond donors (Lipinski definition) is 0. The lowest BCUT2D eigenvalue weighted by Crippen LogP contribution is -2.00. The molecule has 0 aliphatic carbocycles. The summed E-state index contributed by atoms with van der Waals surface area (Å²) in [7, 11) is 0. The summed E-state index contributed by atoms with van der Waals surface area (Å²) in [5.74, 6) is 0.205. The zero-order valence-corrected chi connectivity index (χ0v) is 7.50. The lowest BCUT2D eigenvalue weighted by atomic mass is 10.0. The predicted molar refractivity (Wildman–Crippen MR) is 48.0 cm³/mol. The highest BCUT2D eigenvalue weighted by Crippen LogP contribution is 2.08. The molecular formula is C10H13NO. The Morgan fingerprint density at radius 3 is 2.83 bits per heavy atom. The van der Waals surface area contributed by atoms with Gasteiger partial charge in [-0.3, -0.25) is 9.78 Å². The fourth-order valence-corrected chi connectivity index (χ4v) is 1.21. The molecule has 0 spiro atoms. The second-order valence-corrected chi connectivity index (χ2v) is 2.88. The Morgan fingerprint density at radius 2 is 2.25 bits per heavy atom. The van der Waals surface area contributed by atoms with Gasteiger partial charge in [0.25, 0.3) is 0 Å². The van der Waals surface area contributed by atoms with Gasteiger partial charge in [-0.1, -0.05) is 6.92 Å². The number of Topliss-reactive ketones (excluding diaryl/α,β-unsaturated/α-hetero) is 1. The van der Waals surface area contributed by atoms with Gasteiger partial charge in [0, 0.05) is 18.8 Å². The average molecular weight is 163 g/mol. The molecular weight excluding hydrogens is 150 g/mol. The van der Waals surface area contributed by atoms with Crippen molar-refractivity contribution in [1.82, 2.24) is 4.98 Å². The molecule has 0 aliphatic heterocycles. The lowest BCUT2D eigenvalue weighted by Gasteiger charge is -2.03. The van der Waals surface area contributed by atoms with Crippen molar-refractivity contribution >= 4 is 5.78 Å². The molecule has 2 nitrogen and oxygen atoms in total. The number of hydrogen-bond acceptors (Lipinski definition) is 2. The highest BCUT2D eigenvalue weighted by molar-refractivity contribution is 5.78. The van der Waals surface area contributed by atoms with Crippen molar-refractivity contribution < 1.29 is 4.79 Å². The SMILES string of the molecule is CCc1cnccc1CC(C)=O. The van der Waals surface area contributed by atoms with E-state index in [0.717, 1.165) is 12.0 Å². The van der Waals surface area contributed by atoms with Gasteiger partial charge >= 0.3 is 0 Å². The van der Waals surface area contributed by atoms with Crippen molar-refractivity contribution in [2.75, 3.05) is 0 Å². The number of carbonyl (C=O) groups is 1. The first kappa shape index (κ1) is 8.91. The van der Waals surface area contributed by atoms with Gasteiger partial charge in [-0.05, 0) is 30.5 Å². The molecule has 0 aliphatic rings. The zero-order valence-electron chi connectivity index (χ0n) is 7.50. The second kappa shape index (κ2) is 4.00. The molecule has 0 atom stereocenters. The molecule has 2 heteroatoms. The van der Waals surface area contributed by atoms with Crippen molar-refractivity contribution in [3.05, 3.63) is 29.6 Å². The lowest BCUT2D eigenvalue weighted by molar-refractivity contribution is -0.116. The highest BCUT2D eigenvalue weighted by Gasteiger charge is 2.02. The Morgan fingerprint density at radius 1 is 1.50 bits per heavy atom. The van der Waals surface area contributed by atoms with Crippen molar-refractivity contribution in [2.24, 2.45) is 0 Å². The number of nitrogens with zero attached hydrogens (tertiary/aromatic N) is 1. The summed E-state index contributed by atoms with van der Waals surface area (Å²) < 4.78 is 0. The van der Waals surface area contributed by atoms with E-state index in [2.05, 4.69) is 11.9 Å². The summed E-state index contributed by atoms with van der Waals surface area (Å²) >= 11 is 0. The smallest absolute Gasteiger partial charge is 0.134 e. The first-order chi connectivity index (χ1) is 5.74. The van der Waals surface area contributed by atoms with E-state index in [1.54, 1.807) is 13.1 Å². The molecule has 0 radical (unpaired) electrons. The van der Waals surface area contributed by atoms with Gasteiger partial charge in [-0.2, -0.15) is 0 Å². The Kier molecular flexibility index (Phi) is 2.97. The van der Waals surface area contributed by atoms with Crippen LogP contribution in [-0.2, 0) is 17.6 Å². The van der Waals surface area contributed by atoms with Crippen LogP contribution >= 0.6 is 0 Å². The molecule has 64 valence electrons. The van der Waals surface area contributed by atoms with Gasteiger partial charge in [-0.15, -0.1) is 0 Å². The molecule has 1 rings (SSSR count). The largest absolute Gasteiger partial charge is 0.300 e. The minimum atomic E-state index is 0.205. The van der Waals surface area contributed by atoms with Gasteiger partial charge in [-0.25, -0.2) is 0 Å². The number of pyridine rings is 1. The van der Waals surface area contributed by atoms with Crippen molar-refractivity contribution in [3.8, 4) is 0 Å². The Labute approximate surface area is 72.6 Å². The number of rotatable bonds is 3. The molecule has 0 saturated heterocycles. The molecule has 0 saturated carbocycles. The van der Waals surface area contributed by atoms with Gasteiger partial charge < -0.3 is 0 Å². The number of aryl methyl sites for hydroxylation is 1. The Bertz CT molecular complexity index is 281. The molecule has 12 heavy (non-hydrogen) atoms. The minimum Gasteiger partial charge on any atom is -0.300 e. The van der Waals surface area contributed by atoms with Crippen LogP contribution in [0.5, 0.6) is 0 Å². The Balaban J connectivity index is 2.89. The number of carbonyl (C=O) groups excluding carboxylic acids is 1. The maximum absolute atomic E-state index is 10.9. The van der Waals surface area contributed by atoms with Crippen LogP contribution in [-0.4, -0.2) is 10.8 Å². The van der Waals surface area contributed by atoms with Crippen LogP contribution in [0.4, 0.5) is 0 Å². The third-order valence-corrected chi connectivity index (χ3v) is 1.82. The van der Waals surface area contributed by atoms with E-state index in [1.807, 2.05) is 12.3 Å². The topological polar surface area (TPSA) is 30.0 Å². The summed E-state index contributed by atoms with van der Waals surface area (Å²) in [6.07, 6.45) is 5.04. The second-order valence-electron chi connectivity index (χ2n) is 2.88. The maximum atomic E-state index is 10.9. The van der Waals surface area contributed by atoms with Crippen LogP contribution in [0.1, 0.15) is 25.0 Å². The first-order valence-electron chi connectivity index (χ1n) is 4.15. The van der Waals surface area contributed by atoms with E-state index in [9.17, 15) is 4.79 Å². The predicted octanol–water partition coefficient (Wildman–Crippen LogP) is 1.78. The minimum absolute atomic E-state index is 0.205. The summed E-state index contributed by atoms with van der Waals surface area (Å²) in [4.78, 5) is 14.9. The first-order valence-corrected chi connectivity index (χ1v) is 4.15. The summed E-state index contributed by atoms with van der Waals surface area (Å²) in [5.41, 5.74) is 2.28.